The number of anilines is 1. The third-order valence-electron chi connectivity index (χ3n) is 2.45. The van der Waals surface area contributed by atoms with Crippen LogP contribution in [0.4, 0.5) is 5.69 Å². The molecule has 4 heteroatoms. The van der Waals surface area contributed by atoms with Gasteiger partial charge in [-0.1, -0.05) is 0 Å². The molecule has 0 aromatic carbocycles. The molecule has 17 heavy (non-hydrogen) atoms. The number of hydrogen-bond acceptors (Lipinski definition) is 4. The third-order valence-corrected chi connectivity index (χ3v) is 2.45. The fourth-order valence-corrected chi connectivity index (χ4v) is 1.60. The summed E-state index contributed by atoms with van der Waals surface area (Å²) in [6, 6.07) is 4.09. The Bertz CT molecular complexity index is 317. The maximum Gasteiger partial charge on any atom is 0.0593 e. The van der Waals surface area contributed by atoms with E-state index in [1.54, 1.807) is 0 Å². The second-order valence-corrected chi connectivity index (χ2v) is 4.00. The first kappa shape index (κ1) is 13.9. The standard InChI is InChI=1S/C13H23N3O/c1-4-14-12-6-7-15-13(10-12)11-16(3)8-9-17-5-2/h6-7,10H,4-5,8-9,11H2,1-3H3,(H,14,15). The second-order valence-electron chi connectivity index (χ2n) is 4.00. The number of ether oxygens (including phenoxy) is 1. The Morgan fingerprint density at radius 3 is 2.94 bits per heavy atom. The highest BCUT2D eigenvalue weighted by Gasteiger charge is 2.02. The largest absolute Gasteiger partial charge is 0.385 e. The minimum absolute atomic E-state index is 0.778. The molecule has 1 N–H and O–H groups in total. The van der Waals surface area contributed by atoms with E-state index in [0.717, 1.165) is 44.2 Å². The van der Waals surface area contributed by atoms with Gasteiger partial charge in [0.05, 0.1) is 12.3 Å². The van der Waals surface area contributed by atoms with Gasteiger partial charge in [-0.05, 0) is 33.0 Å². The van der Waals surface area contributed by atoms with Crippen molar-refractivity contribution >= 4 is 5.69 Å². The van der Waals surface area contributed by atoms with Crippen molar-refractivity contribution in [1.29, 1.82) is 0 Å². The molecule has 1 aromatic heterocycles. The Morgan fingerprint density at radius 1 is 1.41 bits per heavy atom. The summed E-state index contributed by atoms with van der Waals surface area (Å²) in [5.74, 6) is 0. The minimum Gasteiger partial charge on any atom is -0.385 e. The van der Waals surface area contributed by atoms with Crippen LogP contribution in [0.15, 0.2) is 18.3 Å². The predicted octanol–water partition coefficient (Wildman–Crippen LogP) is 1.98. The van der Waals surface area contributed by atoms with Crippen molar-refractivity contribution in [2.45, 2.75) is 20.4 Å². The summed E-state index contributed by atoms with van der Waals surface area (Å²) < 4.78 is 5.33. The zero-order valence-corrected chi connectivity index (χ0v) is 11.1. The number of rotatable bonds is 8. The van der Waals surface area contributed by atoms with Crippen LogP contribution in [0.3, 0.4) is 0 Å². The predicted molar refractivity (Wildman–Crippen MR) is 71.2 cm³/mol. The van der Waals surface area contributed by atoms with Crippen molar-refractivity contribution in [2.24, 2.45) is 0 Å². The Labute approximate surface area is 104 Å². The van der Waals surface area contributed by atoms with Crippen molar-refractivity contribution in [1.82, 2.24) is 9.88 Å². The van der Waals surface area contributed by atoms with Crippen LogP contribution in [0.1, 0.15) is 19.5 Å². The number of hydrogen-bond donors (Lipinski definition) is 1. The molecule has 0 amide bonds. The fourth-order valence-electron chi connectivity index (χ4n) is 1.60. The molecule has 0 saturated carbocycles. The lowest BCUT2D eigenvalue weighted by Crippen LogP contribution is -2.23. The lowest BCUT2D eigenvalue weighted by Gasteiger charge is -2.16. The molecule has 0 fully saturated rings. The van der Waals surface area contributed by atoms with Gasteiger partial charge in [-0.2, -0.15) is 0 Å². The molecule has 1 aromatic rings. The normalized spacial score (nSPS) is 10.8. The molecule has 96 valence electrons. The molecule has 0 atom stereocenters. The molecule has 0 unspecified atom stereocenters. The molecule has 0 bridgehead atoms. The van der Waals surface area contributed by atoms with Gasteiger partial charge >= 0.3 is 0 Å². The molecule has 0 saturated heterocycles. The number of pyridine rings is 1. The van der Waals surface area contributed by atoms with E-state index in [-0.39, 0.29) is 0 Å². The summed E-state index contributed by atoms with van der Waals surface area (Å²) in [7, 11) is 2.08. The van der Waals surface area contributed by atoms with E-state index in [9.17, 15) is 0 Å². The second kappa shape index (κ2) is 8.03. The van der Waals surface area contributed by atoms with Crippen LogP contribution in [-0.2, 0) is 11.3 Å². The number of aromatic nitrogens is 1. The maximum atomic E-state index is 5.33. The van der Waals surface area contributed by atoms with Gasteiger partial charge in [-0.15, -0.1) is 0 Å². The summed E-state index contributed by atoms with van der Waals surface area (Å²) in [6.07, 6.45) is 1.85. The van der Waals surface area contributed by atoms with Crippen LogP contribution in [0.25, 0.3) is 0 Å². The van der Waals surface area contributed by atoms with Gasteiger partial charge in [0.25, 0.3) is 0 Å². The SMILES string of the molecule is CCNc1ccnc(CN(C)CCOCC)c1. The minimum atomic E-state index is 0.778. The van der Waals surface area contributed by atoms with Gasteiger partial charge in [-0.25, -0.2) is 0 Å². The monoisotopic (exact) mass is 237 g/mol. The van der Waals surface area contributed by atoms with Gasteiger partial charge in [-0.3, -0.25) is 9.88 Å². The average molecular weight is 237 g/mol. The van der Waals surface area contributed by atoms with E-state index in [1.807, 2.05) is 19.2 Å². The van der Waals surface area contributed by atoms with Crippen molar-refractivity contribution in [3.63, 3.8) is 0 Å². The van der Waals surface area contributed by atoms with Crippen molar-refractivity contribution in [3.8, 4) is 0 Å². The van der Waals surface area contributed by atoms with Gasteiger partial charge in [0.1, 0.15) is 0 Å². The van der Waals surface area contributed by atoms with Crippen LogP contribution < -0.4 is 5.32 Å². The molecule has 1 heterocycles. The van der Waals surface area contributed by atoms with Crippen LogP contribution in [0.5, 0.6) is 0 Å². The molecular weight excluding hydrogens is 214 g/mol. The quantitative estimate of drug-likeness (QED) is 0.702. The summed E-state index contributed by atoms with van der Waals surface area (Å²) in [5, 5.41) is 3.29. The molecular formula is C13H23N3O. The molecule has 0 radical (unpaired) electrons. The first-order chi connectivity index (χ1) is 8.26. The highest BCUT2D eigenvalue weighted by atomic mass is 16.5. The first-order valence-corrected chi connectivity index (χ1v) is 6.21. The van der Waals surface area contributed by atoms with Crippen LogP contribution in [-0.4, -0.2) is 43.2 Å². The summed E-state index contributed by atoms with van der Waals surface area (Å²) in [5.41, 5.74) is 2.22. The topological polar surface area (TPSA) is 37.4 Å². The smallest absolute Gasteiger partial charge is 0.0593 e. The molecule has 0 aliphatic rings. The number of likely N-dealkylation sites (N-methyl/N-ethyl adjacent to an activating group) is 1. The van der Waals surface area contributed by atoms with E-state index in [4.69, 9.17) is 4.74 Å². The van der Waals surface area contributed by atoms with E-state index in [1.165, 1.54) is 0 Å². The Hall–Kier alpha value is -1.13. The van der Waals surface area contributed by atoms with Crippen molar-refractivity contribution in [3.05, 3.63) is 24.0 Å². The zero-order valence-electron chi connectivity index (χ0n) is 11.1. The summed E-state index contributed by atoms with van der Waals surface area (Å²) >= 11 is 0. The van der Waals surface area contributed by atoms with Crippen LogP contribution in [0, 0.1) is 0 Å². The first-order valence-electron chi connectivity index (χ1n) is 6.21. The van der Waals surface area contributed by atoms with E-state index >= 15 is 0 Å². The van der Waals surface area contributed by atoms with Gasteiger partial charge in [0, 0.05) is 38.1 Å². The lowest BCUT2D eigenvalue weighted by atomic mass is 10.3. The maximum absolute atomic E-state index is 5.33. The van der Waals surface area contributed by atoms with Crippen LogP contribution >= 0.6 is 0 Å². The highest BCUT2D eigenvalue weighted by Crippen LogP contribution is 2.08. The molecule has 4 nitrogen and oxygen atoms in total. The summed E-state index contributed by atoms with van der Waals surface area (Å²) in [4.78, 5) is 6.58. The average Bonchev–Trinajstić information content (AvgIpc) is 2.30. The fraction of sp³-hybridized carbons (Fsp3) is 0.615. The molecule has 0 aliphatic heterocycles. The molecule has 0 spiro atoms. The van der Waals surface area contributed by atoms with E-state index < -0.39 is 0 Å². The van der Waals surface area contributed by atoms with Crippen molar-refractivity contribution in [2.75, 3.05) is 38.7 Å². The highest BCUT2D eigenvalue weighted by molar-refractivity contribution is 5.42. The molecule has 0 aliphatic carbocycles. The number of nitrogens with zero attached hydrogens (tertiary/aromatic N) is 2. The third kappa shape index (κ3) is 5.65. The van der Waals surface area contributed by atoms with E-state index in [0.29, 0.717) is 0 Å². The van der Waals surface area contributed by atoms with Crippen molar-refractivity contribution < 1.29 is 4.74 Å². The summed E-state index contributed by atoms with van der Waals surface area (Å²) in [6.45, 7) is 8.38. The Morgan fingerprint density at radius 2 is 2.24 bits per heavy atom. The van der Waals surface area contributed by atoms with Gasteiger partial charge in [0.15, 0.2) is 0 Å². The Kier molecular flexibility index (Phi) is 6.58. The lowest BCUT2D eigenvalue weighted by molar-refractivity contribution is 0.120. The zero-order chi connectivity index (χ0) is 12.5. The number of nitrogens with one attached hydrogen (secondary N) is 1. The van der Waals surface area contributed by atoms with Crippen LogP contribution in [0.2, 0.25) is 0 Å². The Balaban J connectivity index is 2.41. The van der Waals surface area contributed by atoms with Gasteiger partial charge in [0.2, 0.25) is 0 Å². The van der Waals surface area contributed by atoms with Gasteiger partial charge < -0.3 is 10.1 Å². The van der Waals surface area contributed by atoms with E-state index in [2.05, 4.69) is 35.2 Å². The molecule has 1 rings (SSSR count).